The summed E-state index contributed by atoms with van der Waals surface area (Å²) >= 11 is 0. The first kappa shape index (κ1) is 12.4. The first-order valence-electron chi connectivity index (χ1n) is 7.59. The zero-order valence-electron chi connectivity index (χ0n) is 12.0. The van der Waals surface area contributed by atoms with Crippen LogP contribution in [0.1, 0.15) is 22.3 Å². The van der Waals surface area contributed by atoms with E-state index in [9.17, 15) is 14.7 Å². The molecule has 1 aromatic rings. The van der Waals surface area contributed by atoms with Crippen LogP contribution in [0.3, 0.4) is 0 Å². The molecular weight excluding hydrogens is 282 g/mol. The molecule has 2 heterocycles. The van der Waals surface area contributed by atoms with Crippen molar-refractivity contribution in [3.63, 3.8) is 0 Å². The molecule has 2 aliphatic heterocycles. The van der Waals surface area contributed by atoms with Crippen LogP contribution in [0, 0.1) is 30.6 Å². The summed E-state index contributed by atoms with van der Waals surface area (Å²) in [5.41, 5.74) is 1.72. The second-order valence-electron chi connectivity index (χ2n) is 6.74. The highest BCUT2D eigenvalue weighted by Crippen LogP contribution is 2.60. The number of anilines is 1. The molecule has 0 aromatic heterocycles. The Morgan fingerprint density at radius 1 is 1.27 bits per heavy atom. The van der Waals surface area contributed by atoms with Crippen LogP contribution in [0.25, 0.3) is 0 Å². The number of nitrogens with zero attached hydrogens (tertiary/aromatic N) is 1. The quantitative estimate of drug-likeness (QED) is 0.583. The molecular formula is C17H15NO4. The maximum Gasteiger partial charge on any atom is 0.344 e. The van der Waals surface area contributed by atoms with Gasteiger partial charge in [0.1, 0.15) is 0 Å². The van der Waals surface area contributed by atoms with Crippen molar-refractivity contribution in [3.05, 3.63) is 41.5 Å². The summed E-state index contributed by atoms with van der Waals surface area (Å²) in [7, 11) is 0. The van der Waals surface area contributed by atoms with Gasteiger partial charge in [-0.05, 0) is 37.3 Å². The fraction of sp³-hybridized carbons (Fsp3) is 0.412. The van der Waals surface area contributed by atoms with Gasteiger partial charge in [0.2, 0.25) is 5.91 Å². The molecule has 4 aliphatic rings. The third kappa shape index (κ3) is 1.21. The van der Waals surface area contributed by atoms with Crippen molar-refractivity contribution in [2.24, 2.45) is 23.7 Å². The van der Waals surface area contributed by atoms with Crippen molar-refractivity contribution in [1.29, 1.82) is 0 Å². The maximum atomic E-state index is 12.9. The lowest BCUT2D eigenvalue weighted by Gasteiger charge is -2.41. The van der Waals surface area contributed by atoms with E-state index in [0.717, 1.165) is 12.0 Å². The van der Waals surface area contributed by atoms with E-state index in [1.54, 1.807) is 12.1 Å². The molecule has 5 nitrogen and oxygen atoms in total. The molecule has 1 aromatic carbocycles. The summed E-state index contributed by atoms with van der Waals surface area (Å²) in [5.74, 6) is -2.96. The van der Waals surface area contributed by atoms with E-state index in [1.165, 1.54) is 4.90 Å². The summed E-state index contributed by atoms with van der Waals surface area (Å²) in [6.07, 6.45) is 4.96. The van der Waals surface area contributed by atoms with E-state index in [1.807, 2.05) is 19.1 Å². The SMILES string of the molecule is Cc1ccc2c(c1)C(=O)O[C@@]1(O)[C@@H]3[C@@H](C(=O)N21)[C@H]1C=C[C@H]3C1. The zero-order chi connectivity index (χ0) is 15.2. The highest BCUT2D eigenvalue weighted by molar-refractivity contribution is 6.08. The lowest BCUT2D eigenvalue weighted by molar-refractivity contribution is -0.196. The molecule has 1 saturated heterocycles. The molecule has 1 amide bonds. The molecule has 2 fully saturated rings. The fourth-order valence-electron chi connectivity index (χ4n) is 4.73. The predicted octanol–water partition coefficient (Wildman–Crippen LogP) is 1.60. The van der Waals surface area contributed by atoms with E-state index in [4.69, 9.17) is 4.74 Å². The number of carbonyl (C=O) groups excluding carboxylic acids is 2. The van der Waals surface area contributed by atoms with Gasteiger partial charge in [-0.3, -0.25) is 4.79 Å². The Morgan fingerprint density at radius 2 is 2.05 bits per heavy atom. The van der Waals surface area contributed by atoms with Crippen molar-refractivity contribution < 1.29 is 19.4 Å². The van der Waals surface area contributed by atoms with Crippen LogP contribution < -0.4 is 4.90 Å². The van der Waals surface area contributed by atoms with E-state index in [0.29, 0.717) is 11.3 Å². The fourth-order valence-corrected chi connectivity index (χ4v) is 4.73. The highest BCUT2D eigenvalue weighted by Gasteiger charge is 2.70. The van der Waals surface area contributed by atoms with Crippen molar-refractivity contribution in [2.45, 2.75) is 19.3 Å². The number of hydrogen-bond donors (Lipinski definition) is 1. The molecule has 0 spiro atoms. The molecule has 0 radical (unpaired) electrons. The monoisotopic (exact) mass is 297 g/mol. The minimum Gasteiger partial charge on any atom is -0.409 e. The minimum absolute atomic E-state index is 0.0914. The first-order valence-corrected chi connectivity index (χ1v) is 7.59. The van der Waals surface area contributed by atoms with Crippen LogP contribution in [-0.4, -0.2) is 22.9 Å². The molecule has 5 atom stereocenters. The number of benzene rings is 1. The van der Waals surface area contributed by atoms with Crippen LogP contribution in [-0.2, 0) is 9.53 Å². The predicted molar refractivity (Wildman–Crippen MR) is 76.7 cm³/mol. The number of hydrogen-bond acceptors (Lipinski definition) is 4. The Morgan fingerprint density at radius 3 is 2.86 bits per heavy atom. The summed E-state index contributed by atoms with van der Waals surface area (Å²) < 4.78 is 5.40. The van der Waals surface area contributed by atoms with Gasteiger partial charge in [0.15, 0.2) is 0 Å². The van der Waals surface area contributed by atoms with Gasteiger partial charge >= 0.3 is 11.9 Å². The van der Waals surface area contributed by atoms with Crippen molar-refractivity contribution in [1.82, 2.24) is 0 Å². The van der Waals surface area contributed by atoms with Gasteiger partial charge < -0.3 is 9.84 Å². The van der Waals surface area contributed by atoms with E-state index < -0.39 is 11.9 Å². The van der Waals surface area contributed by atoms with Crippen LogP contribution in [0.2, 0.25) is 0 Å². The first-order chi connectivity index (χ1) is 10.5. The number of ether oxygens (including phenoxy) is 1. The number of rotatable bonds is 0. The average molecular weight is 297 g/mol. The molecule has 2 bridgehead atoms. The molecule has 5 heteroatoms. The summed E-state index contributed by atoms with van der Waals surface area (Å²) in [4.78, 5) is 26.6. The molecule has 22 heavy (non-hydrogen) atoms. The maximum absolute atomic E-state index is 12.9. The minimum atomic E-state index is -1.84. The number of esters is 1. The second kappa shape index (κ2) is 3.60. The number of fused-ring (bicyclic) bond motifs is 9. The smallest absolute Gasteiger partial charge is 0.344 e. The van der Waals surface area contributed by atoms with E-state index in [2.05, 4.69) is 6.08 Å². The van der Waals surface area contributed by atoms with Gasteiger partial charge in [-0.2, -0.15) is 0 Å². The standard InChI is InChI=1S/C17H15NO4/c1-8-2-5-12-11(6-8)16(20)22-17(21)14-10-4-3-9(7-10)13(14)15(19)18(12)17/h2-6,9-10,13-14,21H,7H2,1H3/t9-,10-,13-,14-,17-/m0/s1. The topological polar surface area (TPSA) is 66.8 Å². The third-order valence-corrected chi connectivity index (χ3v) is 5.58. The van der Waals surface area contributed by atoms with Crippen molar-refractivity contribution in [3.8, 4) is 0 Å². The van der Waals surface area contributed by atoms with Crippen molar-refractivity contribution >= 4 is 17.6 Å². The Hall–Kier alpha value is -2.14. The average Bonchev–Trinajstić information content (AvgIpc) is 3.13. The van der Waals surface area contributed by atoms with Crippen molar-refractivity contribution in [2.75, 3.05) is 4.90 Å². The number of aliphatic hydroxyl groups is 1. The van der Waals surface area contributed by atoms with Gasteiger partial charge in [-0.25, -0.2) is 9.69 Å². The Labute approximate surface area is 127 Å². The molecule has 5 rings (SSSR count). The Kier molecular flexibility index (Phi) is 2.03. The van der Waals surface area contributed by atoms with Gasteiger partial charge in [0, 0.05) is 0 Å². The summed E-state index contributed by atoms with van der Waals surface area (Å²) in [6.45, 7) is 1.87. The van der Waals surface area contributed by atoms with Crippen LogP contribution in [0.4, 0.5) is 5.69 Å². The Balaban J connectivity index is 1.73. The largest absolute Gasteiger partial charge is 0.409 e. The third-order valence-electron chi connectivity index (χ3n) is 5.58. The lowest BCUT2D eigenvalue weighted by Crippen LogP contribution is -2.57. The Bertz CT molecular complexity index is 770. The number of amides is 1. The van der Waals surface area contributed by atoms with Crippen LogP contribution in [0.15, 0.2) is 30.4 Å². The zero-order valence-corrected chi connectivity index (χ0v) is 12.0. The van der Waals surface area contributed by atoms with E-state index >= 15 is 0 Å². The second-order valence-corrected chi connectivity index (χ2v) is 6.74. The van der Waals surface area contributed by atoms with E-state index in [-0.39, 0.29) is 29.6 Å². The molecule has 1 N–H and O–H groups in total. The number of aryl methyl sites for hydroxylation is 1. The normalized spacial score (nSPS) is 40.5. The molecule has 112 valence electrons. The summed E-state index contributed by atoms with van der Waals surface area (Å²) in [5, 5.41) is 11.1. The summed E-state index contributed by atoms with van der Waals surface area (Å²) in [6, 6.07) is 5.27. The molecule has 0 unspecified atom stereocenters. The highest BCUT2D eigenvalue weighted by atomic mass is 16.7. The van der Waals surface area contributed by atoms with Crippen LogP contribution >= 0.6 is 0 Å². The van der Waals surface area contributed by atoms with Gasteiger partial charge in [-0.15, -0.1) is 0 Å². The van der Waals surface area contributed by atoms with Crippen LogP contribution in [0.5, 0.6) is 0 Å². The molecule has 2 aliphatic carbocycles. The number of allylic oxidation sites excluding steroid dienone is 2. The lowest BCUT2D eigenvalue weighted by atomic mass is 9.83. The molecule has 1 saturated carbocycles. The van der Waals surface area contributed by atoms with Gasteiger partial charge in [-0.1, -0.05) is 23.8 Å². The number of carbonyl (C=O) groups is 2. The van der Waals surface area contributed by atoms with Gasteiger partial charge in [0.05, 0.1) is 23.1 Å². The van der Waals surface area contributed by atoms with Gasteiger partial charge in [0.25, 0.3) is 0 Å².